The third kappa shape index (κ3) is 2.74. The number of methoxy groups -OCH3 is 3. The molecule has 0 aliphatic heterocycles. The Morgan fingerprint density at radius 3 is 2.00 bits per heavy atom. The highest BCUT2D eigenvalue weighted by Crippen LogP contribution is 2.37. The SMILES string of the molecule is COc1cc(C#CCCl)cc(OC)c1OC. The minimum Gasteiger partial charge on any atom is -0.493 e. The quantitative estimate of drug-likeness (QED) is 0.599. The van der Waals surface area contributed by atoms with Crippen LogP contribution in [0.25, 0.3) is 0 Å². The summed E-state index contributed by atoms with van der Waals surface area (Å²) in [4.78, 5) is 0. The summed E-state index contributed by atoms with van der Waals surface area (Å²) in [5.74, 6) is 7.68. The van der Waals surface area contributed by atoms with Crippen molar-refractivity contribution in [3.05, 3.63) is 17.7 Å². The Labute approximate surface area is 100 Å². The molecule has 0 atom stereocenters. The number of hydrogen-bond acceptors (Lipinski definition) is 3. The van der Waals surface area contributed by atoms with Gasteiger partial charge >= 0.3 is 0 Å². The first-order valence-electron chi connectivity index (χ1n) is 4.61. The molecule has 1 rings (SSSR count). The molecule has 0 aliphatic carbocycles. The molecule has 0 heterocycles. The van der Waals surface area contributed by atoms with E-state index in [4.69, 9.17) is 25.8 Å². The summed E-state index contributed by atoms with van der Waals surface area (Å²) < 4.78 is 15.6. The molecule has 16 heavy (non-hydrogen) atoms. The normalized spacial score (nSPS) is 9.00. The Balaban J connectivity index is 3.25. The van der Waals surface area contributed by atoms with Gasteiger partial charge in [0.15, 0.2) is 11.5 Å². The van der Waals surface area contributed by atoms with Crippen molar-refractivity contribution in [2.24, 2.45) is 0 Å². The van der Waals surface area contributed by atoms with Gasteiger partial charge < -0.3 is 14.2 Å². The van der Waals surface area contributed by atoms with Crippen LogP contribution in [0.15, 0.2) is 12.1 Å². The molecule has 1 aromatic rings. The van der Waals surface area contributed by atoms with Gasteiger partial charge in [-0.2, -0.15) is 0 Å². The predicted octanol–water partition coefficient (Wildman–Crippen LogP) is 2.30. The average Bonchev–Trinajstić information content (AvgIpc) is 2.34. The Morgan fingerprint density at radius 1 is 1.06 bits per heavy atom. The number of rotatable bonds is 3. The van der Waals surface area contributed by atoms with E-state index in [1.54, 1.807) is 33.5 Å². The van der Waals surface area contributed by atoms with Gasteiger partial charge in [0.2, 0.25) is 5.75 Å². The molecular formula is C12H13ClO3. The van der Waals surface area contributed by atoms with E-state index in [0.717, 1.165) is 5.56 Å². The molecule has 0 fully saturated rings. The van der Waals surface area contributed by atoms with Crippen molar-refractivity contribution in [3.8, 4) is 29.1 Å². The van der Waals surface area contributed by atoms with Crippen LogP contribution >= 0.6 is 11.6 Å². The molecule has 0 bridgehead atoms. The van der Waals surface area contributed by atoms with Crippen molar-refractivity contribution in [3.63, 3.8) is 0 Å². The van der Waals surface area contributed by atoms with Crippen LogP contribution in [0, 0.1) is 11.8 Å². The molecule has 1 aromatic carbocycles. The van der Waals surface area contributed by atoms with Crippen LogP contribution in [0.4, 0.5) is 0 Å². The van der Waals surface area contributed by atoms with Crippen LogP contribution in [0.2, 0.25) is 0 Å². The highest BCUT2D eigenvalue weighted by molar-refractivity contribution is 6.19. The standard InChI is InChI=1S/C12H13ClO3/c1-14-10-7-9(5-4-6-13)8-11(15-2)12(10)16-3/h7-8H,6H2,1-3H3. The first-order valence-corrected chi connectivity index (χ1v) is 5.15. The van der Waals surface area contributed by atoms with E-state index in [-0.39, 0.29) is 5.88 Å². The maximum Gasteiger partial charge on any atom is 0.203 e. The minimum atomic E-state index is 0.288. The topological polar surface area (TPSA) is 27.7 Å². The molecular weight excluding hydrogens is 228 g/mol. The predicted molar refractivity (Wildman–Crippen MR) is 63.7 cm³/mol. The molecule has 0 aromatic heterocycles. The van der Waals surface area contributed by atoms with E-state index in [2.05, 4.69) is 11.8 Å². The molecule has 0 N–H and O–H groups in total. The first-order chi connectivity index (χ1) is 7.76. The van der Waals surface area contributed by atoms with Gasteiger partial charge in [-0.3, -0.25) is 0 Å². The molecule has 3 nitrogen and oxygen atoms in total. The van der Waals surface area contributed by atoms with Gasteiger partial charge in [-0.05, 0) is 12.1 Å². The van der Waals surface area contributed by atoms with Gasteiger partial charge in [0, 0.05) is 5.56 Å². The van der Waals surface area contributed by atoms with Gasteiger partial charge in [-0.25, -0.2) is 0 Å². The Kier molecular flexibility index (Phi) is 4.81. The minimum absolute atomic E-state index is 0.288. The third-order valence-electron chi connectivity index (χ3n) is 1.96. The van der Waals surface area contributed by atoms with E-state index in [0.29, 0.717) is 17.2 Å². The smallest absolute Gasteiger partial charge is 0.203 e. The summed E-state index contributed by atoms with van der Waals surface area (Å²) in [7, 11) is 4.69. The van der Waals surface area contributed by atoms with Crippen molar-refractivity contribution in [1.82, 2.24) is 0 Å². The maximum absolute atomic E-state index is 5.50. The molecule has 0 amide bonds. The maximum atomic E-state index is 5.50. The van der Waals surface area contributed by atoms with Crippen LogP contribution in [0.5, 0.6) is 17.2 Å². The first kappa shape index (κ1) is 12.5. The molecule has 86 valence electrons. The molecule has 0 saturated carbocycles. The summed E-state index contributed by atoms with van der Waals surface area (Å²) in [6.07, 6.45) is 0. The Bertz CT molecular complexity index is 393. The fourth-order valence-electron chi connectivity index (χ4n) is 1.29. The lowest BCUT2D eigenvalue weighted by atomic mass is 10.2. The molecule has 0 unspecified atom stereocenters. The van der Waals surface area contributed by atoms with Gasteiger partial charge in [0.1, 0.15) is 0 Å². The number of hydrogen-bond donors (Lipinski definition) is 0. The summed E-state index contributed by atoms with van der Waals surface area (Å²) in [6.45, 7) is 0. The van der Waals surface area contributed by atoms with Crippen LogP contribution in [-0.4, -0.2) is 27.2 Å². The zero-order chi connectivity index (χ0) is 12.0. The lowest BCUT2D eigenvalue weighted by Crippen LogP contribution is -1.95. The Hall–Kier alpha value is -1.53. The second-order valence-corrected chi connectivity index (χ2v) is 3.12. The number of halogens is 1. The van der Waals surface area contributed by atoms with Gasteiger partial charge in [0.25, 0.3) is 0 Å². The fraction of sp³-hybridized carbons (Fsp3) is 0.333. The van der Waals surface area contributed by atoms with E-state index in [9.17, 15) is 0 Å². The highest BCUT2D eigenvalue weighted by atomic mass is 35.5. The number of benzene rings is 1. The second-order valence-electron chi connectivity index (χ2n) is 2.85. The van der Waals surface area contributed by atoms with Crippen LogP contribution in [0.1, 0.15) is 5.56 Å². The average molecular weight is 241 g/mol. The second kappa shape index (κ2) is 6.14. The van der Waals surface area contributed by atoms with Crippen LogP contribution in [0.3, 0.4) is 0 Å². The summed E-state index contributed by atoms with van der Waals surface area (Å²) in [5.41, 5.74) is 0.773. The molecule has 0 aliphatic rings. The summed E-state index contributed by atoms with van der Waals surface area (Å²) in [5, 5.41) is 0. The largest absolute Gasteiger partial charge is 0.493 e. The Morgan fingerprint density at radius 2 is 1.62 bits per heavy atom. The lowest BCUT2D eigenvalue weighted by molar-refractivity contribution is 0.324. The number of alkyl halides is 1. The fourth-order valence-corrected chi connectivity index (χ4v) is 1.36. The van der Waals surface area contributed by atoms with Crippen LogP contribution in [-0.2, 0) is 0 Å². The van der Waals surface area contributed by atoms with Gasteiger partial charge in [-0.1, -0.05) is 11.8 Å². The van der Waals surface area contributed by atoms with E-state index in [1.165, 1.54) is 0 Å². The molecule has 0 spiro atoms. The lowest BCUT2D eigenvalue weighted by Gasteiger charge is -2.12. The zero-order valence-corrected chi connectivity index (χ0v) is 10.2. The molecule has 0 radical (unpaired) electrons. The van der Waals surface area contributed by atoms with E-state index in [1.807, 2.05) is 0 Å². The third-order valence-corrected chi connectivity index (χ3v) is 2.10. The molecule has 0 saturated heterocycles. The zero-order valence-electron chi connectivity index (χ0n) is 9.46. The molecule has 4 heteroatoms. The number of ether oxygens (including phenoxy) is 3. The van der Waals surface area contributed by atoms with Crippen molar-refractivity contribution >= 4 is 11.6 Å². The summed E-state index contributed by atoms with van der Waals surface area (Å²) >= 11 is 5.50. The van der Waals surface area contributed by atoms with E-state index >= 15 is 0 Å². The van der Waals surface area contributed by atoms with Crippen LogP contribution < -0.4 is 14.2 Å². The van der Waals surface area contributed by atoms with Crippen molar-refractivity contribution < 1.29 is 14.2 Å². The van der Waals surface area contributed by atoms with Gasteiger partial charge in [-0.15, -0.1) is 11.6 Å². The van der Waals surface area contributed by atoms with Crippen molar-refractivity contribution in [2.75, 3.05) is 27.2 Å². The van der Waals surface area contributed by atoms with Crippen molar-refractivity contribution in [2.45, 2.75) is 0 Å². The van der Waals surface area contributed by atoms with Crippen molar-refractivity contribution in [1.29, 1.82) is 0 Å². The summed E-state index contributed by atoms with van der Waals surface area (Å²) in [6, 6.07) is 3.56. The highest BCUT2D eigenvalue weighted by Gasteiger charge is 2.11. The monoisotopic (exact) mass is 240 g/mol. The van der Waals surface area contributed by atoms with Gasteiger partial charge in [0.05, 0.1) is 27.2 Å². The van der Waals surface area contributed by atoms with E-state index < -0.39 is 0 Å².